The normalized spacial score (nSPS) is 11.9. The smallest absolute Gasteiger partial charge is 0.0529 e. The summed E-state index contributed by atoms with van der Waals surface area (Å²) in [4.78, 5) is 2.92. The van der Waals surface area contributed by atoms with Crippen LogP contribution in [-0.2, 0) is 0 Å². The molecule has 0 fully saturated rings. The highest BCUT2D eigenvalue weighted by atomic mass is 32.1. The molecule has 0 aliphatic heterocycles. The third-order valence-electron chi connectivity index (χ3n) is 4.29. The topological polar surface area (TPSA) is 0 Å². The van der Waals surface area contributed by atoms with E-state index in [2.05, 4.69) is 41.5 Å². The third-order valence-corrected chi connectivity index (χ3v) is 6.87. The minimum Gasteiger partial charge on any atom is -0.139 e. The molecule has 0 bridgehead atoms. The van der Waals surface area contributed by atoms with Crippen molar-refractivity contribution in [2.24, 2.45) is 0 Å². The highest BCUT2D eigenvalue weighted by molar-refractivity contribution is 7.27. The first-order chi connectivity index (χ1) is 8.43. The second-order valence-corrected chi connectivity index (χ2v) is 7.67. The van der Waals surface area contributed by atoms with E-state index in [-0.39, 0.29) is 0 Å². The molecule has 2 aromatic heterocycles. The molecular weight excluding hydrogens is 256 g/mol. The Hall–Kier alpha value is -0.860. The molecule has 3 aromatic rings. The van der Waals surface area contributed by atoms with Gasteiger partial charge < -0.3 is 0 Å². The molecule has 0 aliphatic rings. The van der Waals surface area contributed by atoms with Crippen molar-refractivity contribution in [3.8, 4) is 0 Å². The zero-order valence-electron chi connectivity index (χ0n) is 11.8. The summed E-state index contributed by atoms with van der Waals surface area (Å²) < 4.78 is 3.01. The highest BCUT2D eigenvalue weighted by Crippen LogP contribution is 2.44. The summed E-state index contributed by atoms with van der Waals surface area (Å²) >= 11 is 3.93. The molecule has 0 nitrogen and oxygen atoms in total. The molecule has 0 N–H and O–H groups in total. The number of rotatable bonds is 0. The summed E-state index contributed by atoms with van der Waals surface area (Å²) in [5.41, 5.74) is 5.89. The van der Waals surface area contributed by atoms with Crippen LogP contribution in [0.1, 0.15) is 32.0 Å². The van der Waals surface area contributed by atoms with Gasteiger partial charge in [0.1, 0.15) is 0 Å². The summed E-state index contributed by atoms with van der Waals surface area (Å²) in [6.07, 6.45) is 0. The average Bonchev–Trinajstić information content (AvgIpc) is 2.77. The van der Waals surface area contributed by atoms with Gasteiger partial charge in [0.05, 0.1) is 9.40 Å². The lowest BCUT2D eigenvalue weighted by Crippen LogP contribution is -1.86. The molecule has 2 heteroatoms. The molecule has 94 valence electrons. The van der Waals surface area contributed by atoms with Crippen molar-refractivity contribution in [1.82, 2.24) is 0 Å². The summed E-state index contributed by atoms with van der Waals surface area (Å²) in [5.74, 6) is 0. The molecule has 3 rings (SSSR count). The number of aryl methyl sites for hydroxylation is 6. The number of fused-ring (bicyclic) bond motifs is 3. The van der Waals surface area contributed by atoms with E-state index in [1.54, 1.807) is 0 Å². The SMILES string of the molecule is Cc1sc2c(c1C)c(C)c(C)c1c(C)c(C)sc12. The van der Waals surface area contributed by atoms with Crippen LogP contribution in [0, 0.1) is 41.5 Å². The third kappa shape index (κ3) is 1.36. The Kier molecular flexibility index (Phi) is 2.58. The first-order valence-electron chi connectivity index (χ1n) is 6.32. The Labute approximate surface area is 116 Å². The van der Waals surface area contributed by atoms with Crippen LogP contribution in [0.25, 0.3) is 20.2 Å². The molecule has 0 atom stereocenters. The predicted octanol–water partition coefficient (Wildman–Crippen LogP) is 5.97. The van der Waals surface area contributed by atoms with E-state index in [9.17, 15) is 0 Å². The molecular formula is C16H18S2. The van der Waals surface area contributed by atoms with Crippen LogP contribution >= 0.6 is 22.7 Å². The van der Waals surface area contributed by atoms with E-state index >= 15 is 0 Å². The molecule has 0 unspecified atom stereocenters. The quantitative estimate of drug-likeness (QED) is 0.474. The van der Waals surface area contributed by atoms with Crippen molar-refractivity contribution < 1.29 is 0 Å². The van der Waals surface area contributed by atoms with Gasteiger partial charge in [-0.25, -0.2) is 0 Å². The van der Waals surface area contributed by atoms with Gasteiger partial charge >= 0.3 is 0 Å². The summed E-state index contributed by atoms with van der Waals surface area (Å²) in [6.45, 7) is 13.6. The van der Waals surface area contributed by atoms with Gasteiger partial charge in [-0.1, -0.05) is 0 Å². The first-order valence-corrected chi connectivity index (χ1v) is 7.95. The molecule has 0 saturated heterocycles. The minimum absolute atomic E-state index is 1.46. The lowest BCUT2D eigenvalue weighted by atomic mass is 9.97. The monoisotopic (exact) mass is 274 g/mol. The Morgan fingerprint density at radius 2 is 0.833 bits per heavy atom. The molecule has 0 spiro atoms. The second-order valence-electron chi connectivity index (χ2n) is 5.22. The largest absolute Gasteiger partial charge is 0.139 e. The Morgan fingerprint density at radius 3 is 1.17 bits per heavy atom. The zero-order chi connectivity index (χ0) is 13.2. The Morgan fingerprint density at radius 1 is 0.500 bits per heavy atom. The van der Waals surface area contributed by atoms with Crippen molar-refractivity contribution in [3.05, 3.63) is 32.0 Å². The highest BCUT2D eigenvalue weighted by Gasteiger charge is 2.18. The van der Waals surface area contributed by atoms with Crippen LogP contribution < -0.4 is 0 Å². The van der Waals surface area contributed by atoms with Crippen molar-refractivity contribution >= 4 is 42.8 Å². The van der Waals surface area contributed by atoms with E-state index in [4.69, 9.17) is 0 Å². The second kappa shape index (κ2) is 3.82. The van der Waals surface area contributed by atoms with Crippen LogP contribution in [0.3, 0.4) is 0 Å². The van der Waals surface area contributed by atoms with E-state index in [1.807, 2.05) is 22.7 Å². The standard InChI is InChI=1S/C16H18S2/c1-7-8(2)14-10(4)12(6)18-16(14)15-13(7)9(3)11(5)17-15/h1-6H3. The number of thiophene rings is 2. The lowest BCUT2D eigenvalue weighted by Gasteiger charge is -2.07. The molecule has 0 saturated carbocycles. The van der Waals surface area contributed by atoms with Gasteiger partial charge in [0.25, 0.3) is 0 Å². The zero-order valence-corrected chi connectivity index (χ0v) is 13.4. The fourth-order valence-electron chi connectivity index (χ4n) is 2.85. The minimum atomic E-state index is 1.46. The molecule has 18 heavy (non-hydrogen) atoms. The maximum absolute atomic E-state index is 2.28. The van der Waals surface area contributed by atoms with Gasteiger partial charge in [0, 0.05) is 20.5 Å². The summed E-state index contributed by atoms with van der Waals surface area (Å²) in [6, 6.07) is 0. The average molecular weight is 274 g/mol. The van der Waals surface area contributed by atoms with Crippen LogP contribution in [0.15, 0.2) is 0 Å². The van der Waals surface area contributed by atoms with Crippen LogP contribution in [0.5, 0.6) is 0 Å². The number of hydrogen-bond acceptors (Lipinski definition) is 2. The van der Waals surface area contributed by atoms with E-state index in [0.717, 1.165) is 0 Å². The van der Waals surface area contributed by atoms with Crippen molar-refractivity contribution in [2.45, 2.75) is 41.5 Å². The fraction of sp³-hybridized carbons (Fsp3) is 0.375. The van der Waals surface area contributed by atoms with E-state index in [0.29, 0.717) is 0 Å². The molecule has 0 aliphatic carbocycles. The molecule has 0 radical (unpaired) electrons. The predicted molar refractivity (Wildman–Crippen MR) is 85.6 cm³/mol. The molecule has 0 amide bonds. The van der Waals surface area contributed by atoms with Gasteiger partial charge in [0.15, 0.2) is 0 Å². The van der Waals surface area contributed by atoms with Crippen molar-refractivity contribution in [3.63, 3.8) is 0 Å². The lowest BCUT2D eigenvalue weighted by molar-refractivity contribution is 1.37. The molecule has 2 heterocycles. The van der Waals surface area contributed by atoms with E-state index < -0.39 is 0 Å². The van der Waals surface area contributed by atoms with Gasteiger partial charge in [-0.3, -0.25) is 0 Å². The van der Waals surface area contributed by atoms with Crippen molar-refractivity contribution in [2.75, 3.05) is 0 Å². The maximum Gasteiger partial charge on any atom is 0.0529 e. The van der Waals surface area contributed by atoms with Gasteiger partial charge in [-0.15, -0.1) is 22.7 Å². The Balaban J connectivity index is 2.71. The maximum atomic E-state index is 2.28. The van der Waals surface area contributed by atoms with E-state index in [1.165, 1.54) is 52.2 Å². The fourth-order valence-corrected chi connectivity index (χ4v) is 5.43. The van der Waals surface area contributed by atoms with Crippen LogP contribution in [-0.4, -0.2) is 0 Å². The first kappa shape index (κ1) is 12.2. The summed E-state index contributed by atoms with van der Waals surface area (Å²) in [7, 11) is 0. The Bertz CT molecular complexity index is 717. The van der Waals surface area contributed by atoms with Crippen LogP contribution in [0.2, 0.25) is 0 Å². The van der Waals surface area contributed by atoms with Gasteiger partial charge in [-0.05, 0) is 63.8 Å². The summed E-state index contributed by atoms with van der Waals surface area (Å²) in [5, 5.41) is 3.01. The van der Waals surface area contributed by atoms with Gasteiger partial charge in [0.2, 0.25) is 0 Å². The number of hydrogen-bond donors (Lipinski definition) is 0. The number of benzene rings is 1. The van der Waals surface area contributed by atoms with Gasteiger partial charge in [-0.2, -0.15) is 0 Å². The molecule has 1 aromatic carbocycles. The van der Waals surface area contributed by atoms with Crippen molar-refractivity contribution in [1.29, 1.82) is 0 Å². The van der Waals surface area contributed by atoms with Crippen LogP contribution in [0.4, 0.5) is 0 Å².